The molecule has 8 nitrogen and oxygen atoms in total. The van der Waals surface area contributed by atoms with Crippen molar-refractivity contribution in [3.63, 3.8) is 0 Å². The van der Waals surface area contributed by atoms with E-state index in [1.54, 1.807) is 38.2 Å². The Morgan fingerprint density at radius 3 is 2.58 bits per heavy atom. The number of aliphatic hydroxyl groups excluding tert-OH is 1. The molecule has 0 radical (unpaired) electrons. The number of hydrogen-bond donors (Lipinski definition) is 1. The van der Waals surface area contributed by atoms with Crippen LogP contribution in [0.3, 0.4) is 0 Å². The molecule has 0 saturated heterocycles. The minimum atomic E-state index is -0.832. The van der Waals surface area contributed by atoms with Crippen LogP contribution >= 0.6 is 0 Å². The number of fused-ring (bicyclic) bond motifs is 1. The molecule has 1 aliphatic heterocycles. The van der Waals surface area contributed by atoms with Gasteiger partial charge in [-0.2, -0.15) is 4.74 Å². The fourth-order valence-corrected chi connectivity index (χ4v) is 2.74. The lowest BCUT2D eigenvalue weighted by Crippen LogP contribution is -2.39. The Morgan fingerprint density at radius 1 is 1.27 bits per heavy atom. The van der Waals surface area contributed by atoms with Crippen LogP contribution in [0.5, 0.6) is 0 Å². The highest BCUT2D eigenvalue weighted by Gasteiger charge is 2.28. The van der Waals surface area contributed by atoms with Crippen molar-refractivity contribution in [3.8, 4) is 0 Å². The van der Waals surface area contributed by atoms with E-state index in [0.29, 0.717) is 28.4 Å². The smallest absolute Gasteiger partial charge is 0.270 e. The second kappa shape index (κ2) is 6.93. The van der Waals surface area contributed by atoms with Crippen molar-refractivity contribution in [1.29, 1.82) is 0 Å². The quantitative estimate of drug-likeness (QED) is 0.299. The van der Waals surface area contributed by atoms with Gasteiger partial charge in [0.15, 0.2) is 5.84 Å². The minimum Gasteiger partial charge on any atom is -0.623 e. The van der Waals surface area contributed by atoms with E-state index in [4.69, 9.17) is 0 Å². The third kappa shape index (κ3) is 3.27. The summed E-state index contributed by atoms with van der Waals surface area (Å²) in [6.45, 7) is 1.48. The number of nitrogens with zero attached hydrogens (tertiary/aromatic N) is 4. The van der Waals surface area contributed by atoms with Crippen LogP contribution in [-0.4, -0.2) is 51.0 Å². The molecule has 2 aromatic rings. The number of likely N-dealkylation sites (N-methyl/N-ethyl adjacent to an activating group) is 1. The van der Waals surface area contributed by atoms with E-state index in [1.807, 2.05) is 6.07 Å². The number of aliphatic imine (C=N–C) groups is 1. The molecule has 0 fully saturated rings. The van der Waals surface area contributed by atoms with Crippen LogP contribution in [0, 0.1) is 15.3 Å². The van der Waals surface area contributed by atoms with E-state index in [0.717, 1.165) is 4.74 Å². The molecule has 1 N–H and O–H groups in total. The second-order valence-electron chi connectivity index (χ2n) is 5.98. The van der Waals surface area contributed by atoms with Crippen LogP contribution in [0.2, 0.25) is 0 Å². The van der Waals surface area contributed by atoms with Gasteiger partial charge in [-0.25, -0.2) is 4.99 Å². The van der Waals surface area contributed by atoms with Gasteiger partial charge in [-0.15, -0.1) is 0 Å². The Labute approximate surface area is 150 Å². The van der Waals surface area contributed by atoms with Crippen LogP contribution in [0.25, 0.3) is 0 Å². The summed E-state index contributed by atoms with van der Waals surface area (Å²) >= 11 is 0. The summed E-state index contributed by atoms with van der Waals surface area (Å²) in [6.07, 6.45) is -0.832. The minimum absolute atomic E-state index is 0.0892. The lowest BCUT2D eigenvalue weighted by molar-refractivity contribution is -0.440. The Kier molecular flexibility index (Phi) is 4.68. The number of hydroxylamine groups is 1. The van der Waals surface area contributed by atoms with Crippen LogP contribution in [0.1, 0.15) is 18.1 Å². The highest BCUT2D eigenvalue weighted by molar-refractivity contribution is 6.14. The Hall–Kier alpha value is -3.26. The lowest BCUT2D eigenvalue weighted by Gasteiger charge is -2.22. The van der Waals surface area contributed by atoms with Gasteiger partial charge in [-0.05, 0) is 25.1 Å². The average Bonchev–Trinajstić information content (AvgIpc) is 2.76. The zero-order valence-corrected chi connectivity index (χ0v) is 14.4. The van der Waals surface area contributed by atoms with E-state index in [9.17, 15) is 20.4 Å². The number of hydrogen-bond acceptors (Lipinski definition) is 6. The van der Waals surface area contributed by atoms with Gasteiger partial charge in [0.25, 0.3) is 5.69 Å². The summed E-state index contributed by atoms with van der Waals surface area (Å²) in [6, 6.07) is 13.2. The monoisotopic (exact) mass is 354 g/mol. The molecule has 1 unspecified atom stereocenters. The maximum atomic E-state index is 12.9. The summed E-state index contributed by atoms with van der Waals surface area (Å²) in [4.78, 5) is 16.7. The van der Waals surface area contributed by atoms with Crippen molar-refractivity contribution in [2.75, 3.05) is 13.6 Å². The number of rotatable bonds is 3. The Morgan fingerprint density at radius 2 is 1.96 bits per heavy atom. The standard InChI is InChI=1S/C18H18N4O4/c1-12(23)20(2)17-11-21(24)18(13-6-4-3-5-7-13)15-10-14(22(25)26)8-9-16(15)19-17/h3-10,12,23H,11H2,1-2H3. The average molecular weight is 354 g/mol. The molecule has 134 valence electrons. The first kappa shape index (κ1) is 17.6. The first-order valence-corrected chi connectivity index (χ1v) is 8.03. The van der Waals surface area contributed by atoms with Crippen LogP contribution in [0.4, 0.5) is 11.4 Å². The fraction of sp³-hybridized carbons (Fsp3) is 0.222. The SMILES string of the molecule is CC(O)N(C)C1=Nc2ccc([N+](=O)[O-])cc2C(c2ccccc2)=[N+]([O-])C1. The molecule has 1 aliphatic rings. The highest BCUT2D eigenvalue weighted by Crippen LogP contribution is 2.29. The topological polar surface area (TPSA) is 105 Å². The molecule has 0 aliphatic carbocycles. The molecule has 1 heterocycles. The molecular formula is C18H18N4O4. The number of aliphatic hydroxyl groups is 1. The van der Waals surface area contributed by atoms with Gasteiger partial charge in [0, 0.05) is 24.7 Å². The zero-order valence-electron chi connectivity index (χ0n) is 14.4. The van der Waals surface area contributed by atoms with Crippen molar-refractivity contribution in [3.05, 3.63) is 75.0 Å². The largest absolute Gasteiger partial charge is 0.623 e. The summed E-state index contributed by atoms with van der Waals surface area (Å²) < 4.78 is 0.753. The fourth-order valence-electron chi connectivity index (χ4n) is 2.74. The summed E-state index contributed by atoms with van der Waals surface area (Å²) in [5.41, 5.74) is 1.65. The summed E-state index contributed by atoms with van der Waals surface area (Å²) in [5.74, 6) is 0.371. The van der Waals surface area contributed by atoms with Gasteiger partial charge in [0.2, 0.25) is 12.3 Å². The first-order chi connectivity index (χ1) is 12.4. The van der Waals surface area contributed by atoms with Crippen molar-refractivity contribution in [2.24, 2.45) is 4.99 Å². The van der Waals surface area contributed by atoms with Crippen molar-refractivity contribution in [1.82, 2.24) is 4.90 Å². The van der Waals surface area contributed by atoms with Gasteiger partial charge in [0.1, 0.15) is 6.23 Å². The van der Waals surface area contributed by atoms with Crippen LogP contribution in [0.15, 0.2) is 53.5 Å². The van der Waals surface area contributed by atoms with E-state index in [1.165, 1.54) is 23.1 Å². The number of amidine groups is 1. The highest BCUT2D eigenvalue weighted by atomic mass is 16.6. The summed E-state index contributed by atoms with van der Waals surface area (Å²) in [5, 5.41) is 33.9. The third-order valence-corrected chi connectivity index (χ3v) is 4.24. The molecular weight excluding hydrogens is 336 g/mol. The molecule has 2 aromatic carbocycles. The predicted octanol–water partition coefficient (Wildman–Crippen LogP) is 2.26. The van der Waals surface area contributed by atoms with Gasteiger partial charge >= 0.3 is 0 Å². The summed E-state index contributed by atoms with van der Waals surface area (Å²) in [7, 11) is 1.63. The van der Waals surface area contributed by atoms with E-state index in [2.05, 4.69) is 4.99 Å². The molecule has 0 saturated carbocycles. The van der Waals surface area contributed by atoms with Crippen molar-refractivity contribution >= 4 is 22.9 Å². The van der Waals surface area contributed by atoms with Crippen LogP contribution < -0.4 is 0 Å². The molecule has 0 amide bonds. The van der Waals surface area contributed by atoms with E-state index in [-0.39, 0.29) is 12.2 Å². The number of benzene rings is 2. The normalized spacial score (nSPS) is 15.0. The van der Waals surface area contributed by atoms with E-state index < -0.39 is 11.2 Å². The predicted molar refractivity (Wildman–Crippen MR) is 97.8 cm³/mol. The molecule has 0 aromatic heterocycles. The molecule has 26 heavy (non-hydrogen) atoms. The maximum Gasteiger partial charge on any atom is 0.270 e. The number of non-ortho nitro benzene ring substituents is 1. The third-order valence-electron chi connectivity index (χ3n) is 4.24. The molecule has 3 rings (SSSR count). The molecule has 0 bridgehead atoms. The number of nitro benzene ring substituents is 1. The molecule has 8 heteroatoms. The van der Waals surface area contributed by atoms with Gasteiger partial charge in [0.05, 0.1) is 16.2 Å². The molecule has 0 spiro atoms. The second-order valence-corrected chi connectivity index (χ2v) is 5.98. The zero-order chi connectivity index (χ0) is 18.8. The Bertz CT molecular complexity index is 907. The van der Waals surface area contributed by atoms with Crippen LogP contribution in [-0.2, 0) is 0 Å². The Balaban J connectivity index is 2.26. The first-order valence-electron chi connectivity index (χ1n) is 8.03. The van der Waals surface area contributed by atoms with E-state index >= 15 is 0 Å². The maximum absolute atomic E-state index is 12.9. The van der Waals surface area contributed by atoms with Gasteiger partial charge in [-0.1, -0.05) is 18.2 Å². The number of nitro groups is 1. The van der Waals surface area contributed by atoms with Crippen molar-refractivity contribution in [2.45, 2.75) is 13.2 Å². The van der Waals surface area contributed by atoms with Gasteiger partial charge in [-0.3, -0.25) is 10.1 Å². The van der Waals surface area contributed by atoms with Gasteiger partial charge < -0.3 is 15.2 Å². The molecule has 1 atom stereocenters. The van der Waals surface area contributed by atoms with Crippen molar-refractivity contribution < 1.29 is 14.8 Å². The lowest BCUT2D eigenvalue weighted by atomic mass is 10.00.